The number of aromatic amines is 1. The summed E-state index contributed by atoms with van der Waals surface area (Å²) in [5.41, 5.74) is 0.908. The molecule has 1 unspecified atom stereocenters. The van der Waals surface area contributed by atoms with Crippen LogP contribution in [0, 0.1) is 0 Å². The highest BCUT2D eigenvalue weighted by molar-refractivity contribution is 7.89. The van der Waals surface area contributed by atoms with Crippen molar-refractivity contribution in [3.8, 4) is 0 Å². The molecule has 3 atom stereocenters. The minimum absolute atomic E-state index is 0.0735. The third kappa shape index (κ3) is 5.70. The molecule has 38 heavy (non-hydrogen) atoms. The van der Waals surface area contributed by atoms with Gasteiger partial charge in [-0.05, 0) is 67.3 Å². The normalized spacial score (nSPS) is 21.3. The summed E-state index contributed by atoms with van der Waals surface area (Å²) in [6, 6.07) is 10.4. The van der Waals surface area contributed by atoms with E-state index in [9.17, 15) is 18.0 Å². The van der Waals surface area contributed by atoms with Crippen molar-refractivity contribution >= 4 is 44.2 Å². The number of aromatic nitrogens is 2. The van der Waals surface area contributed by atoms with E-state index in [0.29, 0.717) is 37.6 Å². The molecule has 5 rings (SSSR count). The highest BCUT2D eigenvalue weighted by Crippen LogP contribution is 2.24. The minimum Gasteiger partial charge on any atom is -0.339 e. The number of hydrogen-bond donors (Lipinski definition) is 3. The molecular weight excluding hydrogens is 528 g/mol. The van der Waals surface area contributed by atoms with Gasteiger partial charge in [0.05, 0.1) is 10.6 Å². The molecule has 12 heteroatoms. The molecule has 0 spiro atoms. The van der Waals surface area contributed by atoms with Crippen LogP contribution in [0.25, 0.3) is 10.8 Å². The Hall–Kier alpha value is -2.99. The van der Waals surface area contributed by atoms with Crippen molar-refractivity contribution in [1.29, 1.82) is 0 Å². The smallest absolute Gasteiger partial charge is 0.245 e. The van der Waals surface area contributed by atoms with E-state index >= 15 is 0 Å². The zero-order chi connectivity index (χ0) is 26.9. The lowest BCUT2D eigenvalue weighted by atomic mass is 10.0. The van der Waals surface area contributed by atoms with Crippen LogP contribution >= 0.6 is 11.6 Å². The number of likely N-dealkylation sites (tertiary alicyclic amines) is 2. The summed E-state index contributed by atoms with van der Waals surface area (Å²) in [4.78, 5) is 29.8. The molecule has 0 aliphatic carbocycles. The van der Waals surface area contributed by atoms with Gasteiger partial charge >= 0.3 is 0 Å². The summed E-state index contributed by atoms with van der Waals surface area (Å²) in [5.74, 6) is -0.506. The molecule has 0 bridgehead atoms. The summed E-state index contributed by atoms with van der Waals surface area (Å²) in [5, 5.41) is 12.5. The number of H-pyrrole nitrogens is 1. The number of amides is 2. The second-order valence-electron chi connectivity index (χ2n) is 9.89. The van der Waals surface area contributed by atoms with E-state index in [1.807, 2.05) is 6.07 Å². The average Bonchev–Trinajstić information content (AvgIpc) is 3.56. The Morgan fingerprint density at radius 2 is 1.95 bits per heavy atom. The Bertz CT molecular complexity index is 1430. The first kappa shape index (κ1) is 26.6. The molecule has 2 fully saturated rings. The zero-order valence-electron chi connectivity index (χ0n) is 21.1. The van der Waals surface area contributed by atoms with E-state index in [2.05, 4.69) is 20.2 Å². The fourth-order valence-corrected chi connectivity index (χ4v) is 6.63. The second-order valence-corrected chi connectivity index (χ2v) is 12.0. The minimum atomic E-state index is -3.94. The third-order valence-electron chi connectivity index (χ3n) is 7.31. The largest absolute Gasteiger partial charge is 0.339 e. The van der Waals surface area contributed by atoms with Gasteiger partial charge in [-0.3, -0.25) is 14.7 Å². The number of benzene rings is 2. The molecule has 2 saturated heterocycles. The lowest BCUT2D eigenvalue weighted by Crippen LogP contribution is -2.54. The second kappa shape index (κ2) is 11.0. The molecule has 2 aliphatic heterocycles. The van der Waals surface area contributed by atoms with Crippen molar-refractivity contribution in [3.63, 3.8) is 0 Å². The predicted octanol–water partition coefficient (Wildman–Crippen LogP) is 2.26. The topological polar surface area (TPSA) is 128 Å². The number of halogens is 1. The van der Waals surface area contributed by atoms with Crippen LogP contribution in [0.4, 0.5) is 0 Å². The first-order valence-electron chi connectivity index (χ1n) is 12.7. The van der Waals surface area contributed by atoms with Crippen LogP contribution in [0.5, 0.6) is 0 Å². The van der Waals surface area contributed by atoms with Crippen molar-refractivity contribution in [2.45, 2.75) is 55.8 Å². The molecule has 0 saturated carbocycles. The van der Waals surface area contributed by atoms with E-state index in [1.165, 1.54) is 11.0 Å². The van der Waals surface area contributed by atoms with Crippen LogP contribution in [0.3, 0.4) is 0 Å². The number of rotatable bonds is 8. The standard InChI is InChI=1S/C26H31ClN6O4S/c1-17(25(34)32-11-2-3-22(16-32)28-15-21-8-10-29-30-21)33-12-9-24(26(33)35)31-38(36,37)23-7-5-18-13-20(27)6-4-19(18)14-23/h4-8,10,13-14,17,22,24,28,31H,2-3,9,11-12,15-16H2,1H3,(H,29,30)/t17-,22?,24-/m0/s1. The van der Waals surface area contributed by atoms with Gasteiger partial charge in [0.25, 0.3) is 0 Å². The average molecular weight is 559 g/mol. The highest BCUT2D eigenvalue weighted by atomic mass is 35.5. The number of nitrogens with one attached hydrogen (secondary N) is 3. The molecule has 2 amide bonds. The molecule has 0 radical (unpaired) electrons. The van der Waals surface area contributed by atoms with Crippen LogP contribution in [0.2, 0.25) is 5.02 Å². The number of fused-ring (bicyclic) bond motifs is 1. The third-order valence-corrected chi connectivity index (χ3v) is 9.01. The van der Waals surface area contributed by atoms with E-state index < -0.39 is 22.1 Å². The maximum atomic E-state index is 13.3. The van der Waals surface area contributed by atoms with E-state index in [4.69, 9.17) is 11.6 Å². The molecule has 3 aromatic rings. The maximum Gasteiger partial charge on any atom is 0.245 e. The molecule has 3 N–H and O–H groups in total. The SMILES string of the molecule is C[C@@H](C(=O)N1CCCC(NCc2cc[nH]n2)C1)N1CC[C@H](NS(=O)(=O)c2ccc3cc(Cl)ccc3c2)C1=O. The quantitative estimate of drug-likeness (QED) is 0.389. The van der Waals surface area contributed by atoms with Gasteiger partial charge in [-0.15, -0.1) is 0 Å². The van der Waals surface area contributed by atoms with Gasteiger partial charge in [-0.1, -0.05) is 23.7 Å². The zero-order valence-corrected chi connectivity index (χ0v) is 22.6. The van der Waals surface area contributed by atoms with Gasteiger partial charge in [0.15, 0.2) is 0 Å². The Kier molecular flexibility index (Phi) is 7.71. The molecule has 2 aromatic carbocycles. The van der Waals surface area contributed by atoms with Crippen LogP contribution in [-0.4, -0.2) is 78.0 Å². The summed E-state index contributed by atoms with van der Waals surface area (Å²) in [6.45, 7) is 3.83. The maximum absolute atomic E-state index is 13.3. The van der Waals surface area contributed by atoms with Crippen molar-refractivity contribution in [2.75, 3.05) is 19.6 Å². The van der Waals surface area contributed by atoms with Gasteiger partial charge in [-0.2, -0.15) is 9.82 Å². The monoisotopic (exact) mass is 558 g/mol. The van der Waals surface area contributed by atoms with Crippen molar-refractivity contribution in [2.24, 2.45) is 0 Å². The van der Waals surface area contributed by atoms with Gasteiger partial charge in [0.2, 0.25) is 21.8 Å². The van der Waals surface area contributed by atoms with Gasteiger partial charge in [0.1, 0.15) is 12.1 Å². The fraction of sp³-hybridized carbons (Fsp3) is 0.423. The Morgan fingerprint density at radius 1 is 1.16 bits per heavy atom. The van der Waals surface area contributed by atoms with Crippen LogP contribution in [-0.2, 0) is 26.2 Å². The number of sulfonamides is 1. The van der Waals surface area contributed by atoms with Gasteiger partial charge in [0, 0.05) is 43.4 Å². The first-order chi connectivity index (χ1) is 18.2. The lowest BCUT2D eigenvalue weighted by Gasteiger charge is -2.36. The lowest BCUT2D eigenvalue weighted by molar-refractivity contribution is -0.144. The van der Waals surface area contributed by atoms with Crippen molar-refractivity contribution in [3.05, 3.63) is 59.4 Å². The summed E-state index contributed by atoms with van der Waals surface area (Å²) in [6.07, 6.45) is 3.89. The Morgan fingerprint density at radius 3 is 2.74 bits per heavy atom. The fourth-order valence-electron chi connectivity index (χ4n) is 5.19. The first-order valence-corrected chi connectivity index (χ1v) is 14.6. The van der Waals surface area contributed by atoms with Crippen molar-refractivity contribution < 1.29 is 18.0 Å². The van der Waals surface area contributed by atoms with Gasteiger partial charge in [-0.25, -0.2) is 8.42 Å². The molecule has 2 aliphatic rings. The number of nitrogens with zero attached hydrogens (tertiary/aromatic N) is 3. The number of hydrogen-bond acceptors (Lipinski definition) is 6. The Labute approximate surface area is 226 Å². The molecule has 3 heterocycles. The van der Waals surface area contributed by atoms with E-state index in [1.54, 1.807) is 48.4 Å². The predicted molar refractivity (Wildman–Crippen MR) is 144 cm³/mol. The van der Waals surface area contributed by atoms with E-state index in [-0.39, 0.29) is 22.8 Å². The van der Waals surface area contributed by atoms with Crippen LogP contribution in [0.1, 0.15) is 31.9 Å². The number of carbonyl (C=O) groups is 2. The molecule has 1 aromatic heterocycles. The Balaban J connectivity index is 1.20. The number of carbonyl (C=O) groups excluding carboxylic acids is 2. The molecule has 10 nitrogen and oxygen atoms in total. The van der Waals surface area contributed by atoms with Crippen LogP contribution < -0.4 is 10.0 Å². The summed E-state index contributed by atoms with van der Waals surface area (Å²) >= 11 is 6.02. The van der Waals surface area contributed by atoms with Gasteiger partial charge < -0.3 is 15.1 Å². The van der Waals surface area contributed by atoms with E-state index in [0.717, 1.165) is 29.3 Å². The summed E-state index contributed by atoms with van der Waals surface area (Å²) < 4.78 is 28.7. The summed E-state index contributed by atoms with van der Waals surface area (Å²) in [7, 11) is -3.94. The highest BCUT2D eigenvalue weighted by Gasteiger charge is 2.40. The van der Waals surface area contributed by atoms with Crippen molar-refractivity contribution in [1.82, 2.24) is 30.0 Å². The number of piperidine rings is 1. The van der Waals surface area contributed by atoms with Crippen LogP contribution in [0.15, 0.2) is 53.6 Å². The molecular formula is C26H31ClN6O4S. The molecule has 202 valence electrons.